The third-order valence-corrected chi connectivity index (χ3v) is 5.81. The summed E-state index contributed by atoms with van der Waals surface area (Å²) in [5.74, 6) is -0.676. The molecule has 0 atom stereocenters. The smallest absolute Gasteiger partial charge is 0.416 e. The molecule has 4 aromatic rings. The molecule has 0 spiro atoms. The monoisotopic (exact) mass is 447 g/mol. The van der Waals surface area contributed by atoms with Crippen molar-refractivity contribution in [2.24, 2.45) is 0 Å². The van der Waals surface area contributed by atoms with Crippen molar-refractivity contribution in [2.75, 3.05) is 6.61 Å². The first kappa shape index (κ1) is 20.9. The topological polar surface area (TPSA) is 77.2 Å². The van der Waals surface area contributed by atoms with Gasteiger partial charge in [-0.1, -0.05) is 24.3 Å². The minimum absolute atomic E-state index is 0.362. The number of carboxylic acids is 1. The molecule has 0 saturated heterocycles. The summed E-state index contributed by atoms with van der Waals surface area (Å²) in [6, 6.07) is 10.2. The van der Waals surface area contributed by atoms with Crippen molar-refractivity contribution in [3.63, 3.8) is 0 Å². The van der Waals surface area contributed by atoms with Crippen LogP contribution < -0.4 is 4.74 Å². The lowest BCUT2D eigenvalue weighted by atomic mass is 10.1. The molecule has 2 aromatic heterocycles. The molecule has 1 N–H and O–H groups in total. The maximum absolute atomic E-state index is 12.8. The van der Waals surface area contributed by atoms with Gasteiger partial charge in [-0.05, 0) is 25.1 Å². The second kappa shape index (κ2) is 8.03. The average molecular weight is 447 g/mol. The number of aryl methyl sites for hydroxylation is 1. The lowest BCUT2D eigenvalue weighted by molar-refractivity contribution is -0.139. The summed E-state index contributed by atoms with van der Waals surface area (Å²) in [4.78, 5) is 16.2. The summed E-state index contributed by atoms with van der Waals surface area (Å²) in [6.45, 7) is 1.72. The fourth-order valence-electron chi connectivity index (χ4n) is 3.12. The minimum Gasteiger partial charge on any atom is -0.480 e. The molecule has 10 heteroatoms. The standard InChI is InChI=1S/C21H16F3N3O3S/c1-12-17(31-20(26-12)13-5-7-15(8-6-13)21(22,23)24)10-27-19-14(9-25-27)3-2-4-16(19)30-11-18(28)29/h2-9H,10-11H2,1H3,(H,28,29). The summed E-state index contributed by atoms with van der Waals surface area (Å²) >= 11 is 1.37. The Labute approximate surface area is 178 Å². The van der Waals surface area contributed by atoms with Crippen LogP contribution in [-0.4, -0.2) is 32.4 Å². The van der Waals surface area contributed by atoms with Gasteiger partial charge in [0, 0.05) is 15.8 Å². The van der Waals surface area contributed by atoms with Gasteiger partial charge in [-0.3, -0.25) is 4.68 Å². The molecule has 2 heterocycles. The largest absolute Gasteiger partial charge is 0.480 e. The van der Waals surface area contributed by atoms with Crippen molar-refractivity contribution in [3.8, 4) is 16.3 Å². The minimum atomic E-state index is -4.38. The number of para-hydroxylation sites is 1. The van der Waals surface area contributed by atoms with Crippen LogP contribution in [0.4, 0.5) is 13.2 Å². The van der Waals surface area contributed by atoms with Gasteiger partial charge in [0.2, 0.25) is 0 Å². The molecule has 0 bridgehead atoms. The van der Waals surface area contributed by atoms with Crippen LogP contribution in [0.5, 0.6) is 5.75 Å². The molecule has 0 amide bonds. The lowest BCUT2D eigenvalue weighted by Gasteiger charge is -2.08. The van der Waals surface area contributed by atoms with Crippen LogP contribution in [0.2, 0.25) is 0 Å². The van der Waals surface area contributed by atoms with E-state index in [2.05, 4.69) is 10.1 Å². The van der Waals surface area contributed by atoms with E-state index in [0.717, 1.165) is 28.1 Å². The van der Waals surface area contributed by atoms with Gasteiger partial charge in [0.25, 0.3) is 0 Å². The van der Waals surface area contributed by atoms with Crippen LogP contribution in [0.15, 0.2) is 48.7 Å². The fourth-order valence-corrected chi connectivity index (χ4v) is 4.17. The number of rotatable bonds is 6. The molecule has 0 aliphatic heterocycles. The van der Waals surface area contributed by atoms with E-state index in [4.69, 9.17) is 9.84 Å². The van der Waals surface area contributed by atoms with E-state index in [1.807, 2.05) is 13.0 Å². The quantitative estimate of drug-likeness (QED) is 0.450. The van der Waals surface area contributed by atoms with Gasteiger partial charge in [0.1, 0.15) is 16.3 Å². The van der Waals surface area contributed by atoms with Crippen LogP contribution in [-0.2, 0) is 17.5 Å². The van der Waals surface area contributed by atoms with Crippen molar-refractivity contribution in [3.05, 3.63) is 64.8 Å². The molecule has 2 aromatic carbocycles. The van der Waals surface area contributed by atoms with E-state index in [9.17, 15) is 18.0 Å². The third-order valence-electron chi connectivity index (χ3n) is 4.62. The predicted octanol–water partition coefficient (Wildman–Crippen LogP) is 5.00. The Balaban J connectivity index is 1.63. The Morgan fingerprint density at radius 3 is 2.61 bits per heavy atom. The zero-order valence-electron chi connectivity index (χ0n) is 16.2. The van der Waals surface area contributed by atoms with E-state index in [-0.39, 0.29) is 0 Å². The molecule has 0 saturated carbocycles. The number of carbonyl (C=O) groups is 1. The van der Waals surface area contributed by atoms with Crippen molar-refractivity contribution in [2.45, 2.75) is 19.6 Å². The number of halogens is 3. The Hall–Kier alpha value is -3.40. The number of fused-ring (bicyclic) bond motifs is 1. The van der Waals surface area contributed by atoms with E-state index < -0.39 is 24.3 Å². The first-order chi connectivity index (χ1) is 14.7. The number of ether oxygens (including phenoxy) is 1. The maximum Gasteiger partial charge on any atom is 0.416 e. The molecule has 6 nitrogen and oxygen atoms in total. The predicted molar refractivity (Wildman–Crippen MR) is 109 cm³/mol. The SMILES string of the molecule is Cc1nc(-c2ccc(C(F)(F)F)cc2)sc1Cn1ncc2cccc(OCC(=O)O)c21. The molecule has 0 fully saturated rings. The van der Waals surface area contributed by atoms with Crippen molar-refractivity contribution in [1.29, 1.82) is 0 Å². The van der Waals surface area contributed by atoms with E-state index >= 15 is 0 Å². The number of hydrogen-bond acceptors (Lipinski definition) is 5. The first-order valence-corrected chi connectivity index (χ1v) is 9.97. The molecule has 0 radical (unpaired) electrons. The van der Waals surface area contributed by atoms with Crippen LogP contribution >= 0.6 is 11.3 Å². The maximum atomic E-state index is 12.8. The van der Waals surface area contributed by atoms with E-state index in [1.54, 1.807) is 23.0 Å². The van der Waals surface area contributed by atoms with Gasteiger partial charge in [-0.25, -0.2) is 9.78 Å². The van der Waals surface area contributed by atoms with Gasteiger partial charge < -0.3 is 9.84 Å². The molecular weight excluding hydrogens is 431 g/mol. The lowest BCUT2D eigenvalue weighted by Crippen LogP contribution is -2.10. The summed E-state index contributed by atoms with van der Waals surface area (Å²) in [5.41, 5.74) is 1.30. The molecule has 160 valence electrons. The number of thiazole rings is 1. The average Bonchev–Trinajstić information content (AvgIpc) is 3.30. The second-order valence-corrected chi connectivity index (χ2v) is 7.86. The van der Waals surface area contributed by atoms with E-state index in [0.29, 0.717) is 28.4 Å². The van der Waals surface area contributed by atoms with Gasteiger partial charge >= 0.3 is 12.1 Å². The van der Waals surface area contributed by atoms with Crippen molar-refractivity contribution in [1.82, 2.24) is 14.8 Å². The first-order valence-electron chi connectivity index (χ1n) is 9.15. The number of aliphatic carboxylic acids is 1. The molecule has 0 aliphatic rings. The normalized spacial score (nSPS) is 11.7. The van der Waals surface area contributed by atoms with Crippen LogP contribution in [0, 0.1) is 6.92 Å². The fraction of sp³-hybridized carbons (Fsp3) is 0.190. The number of benzene rings is 2. The number of alkyl halides is 3. The third kappa shape index (κ3) is 4.38. The summed E-state index contributed by atoms with van der Waals surface area (Å²) in [7, 11) is 0. The highest BCUT2D eigenvalue weighted by atomic mass is 32.1. The summed E-state index contributed by atoms with van der Waals surface area (Å²) in [6.07, 6.45) is -2.72. The van der Waals surface area contributed by atoms with Crippen molar-refractivity contribution < 1.29 is 27.8 Å². The zero-order chi connectivity index (χ0) is 22.2. The van der Waals surface area contributed by atoms with Crippen LogP contribution in [0.3, 0.4) is 0 Å². The molecule has 0 unspecified atom stereocenters. The number of hydrogen-bond donors (Lipinski definition) is 1. The number of aromatic nitrogens is 3. The van der Waals surface area contributed by atoms with Gasteiger partial charge in [-0.15, -0.1) is 11.3 Å². The zero-order valence-corrected chi connectivity index (χ0v) is 17.0. The highest BCUT2D eigenvalue weighted by molar-refractivity contribution is 7.15. The number of carboxylic acid groups (broad SMARTS) is 1. The summed E-state index contributed by atoms with van der Waals surface area (Å²) in [5, 5.41) is 14.7. The van der Waals surface area contributed by atoms with E-state index in [1.165, 1.54) is 23.5 Å². The van der Waals surface area contributed by atoms with Gasteiger partial charge in [0.15, 0.2) is 6.61 Å². The second-order valence-electron chi connectivity index (χ2n) is 6.78. The molecular formula is C21H16F3N3O3S. The van der Waals surface area contributed by atoms with Crippen LogP contribution in [0.1, 0.15) is 16.1 Å². The Bertz CT molecular complexity index is 1250. The highest BCUT2D eigenvalue weighted by Gasteiger charge is 2.30. The highest BCUT2D eigenvalue weighted by Crippen LogP contribution is 2.34. The molecule has 31 heavy (non-hydrogen) atoms. The summed E-state index contributed by atoms with van der Waals surface area (Å²) < 4.78 is 45.5. The molecule has 4 rings (SSSR count). The van der Waals surface area contributed by atoms with Gasteiger partial charge in [0.05, 0.1) is 24.0 Å². The Kier molecular flexibility index (Phi) is 5.40. The number of nitrogens with zero attached hydrogens (tertiary/aromatic N) is 3. The Morgan fingerprint density at radius 2 is 1.94 bits per heavy atom. The van der Waals surface area contributed by atoms with Gasteiger partial charge in [-0.2, -0.15) is 18.3 Å². The Morgan fingerprint density at radius 1 is 1.19 bits per heavy atom. The molecule has 0 aliphatic carbocycles. The van der Waals surface area contributed by atoms with Crippen molar-refractivity contribution >= 4 is 28.2 Å². The van der Waals surface area contributed by atoms with Crippen LogP contribution in [0.25, 0.3) is 21.5 Å².